The van der Waals surface area contributed by atoms with Crippen molar-refractivity contribution in [2.24, 2.45) is 0 Å². The van der Waals surface area contributed by atoms with E-state index in [0.29, 0.717) is 6.04 Å². The molecule has 0 spiro atoms. The Labute approximate surface area is 146 Å². The first-order valence-corrected chi connectivity index (χ1v) is 8.92. The summed E-state index contributed by atoms with van der Waals surface area (Å²) in [5.41, 5.74) is 2.80. The van der Waals surface area contributed by atoms with Crippen molar-refractivity contribution in [3.05, 3.63) is 24.3 Å². The Balaban J connectivity index is 1.73. The van der Waals surface area contributed by atoms with E-state index in [9.17, 15) is 5.11 Å². The first-order chi connectivity index (χ1) is 12.2. The normalized spacial score (nSPS) is 18.4. The number of methoxy groups -OCH3 is 1. The lowest BCUT2D eigenvalue weighted by atomic mass is 10.0. The van der Waals surface area contributed by atoms with Gasteiger partial charge < -0.3 is 24.3 Å². The fourth-order valence-corrected chi connectivity index (χ4v) is 3.90. The van der Waals surface area contributed by atoms with Gasteiger partial charge in [-0.3, -0.25) is 0 Å². The number of nitrogens with one attached hydrogen (secondary N) is 1. The highest BCUT2D eigenvalue weighted by Crippen LogP contribution is 2.33. The van der Waals surface area contributed by atoms with Crippen LogP contribution in [0.3, 0.4) is 0 Å². The fourth-order valence-electron chi connectivity index (χ4n) is 3.90. The van der Waals surface area contributed by atoms with Crippen LogP contribution < -0.4 is 0 Å². The highest BCUT2D eigenvalue weighted by atomic mass is 16.5. The van der Waals surface area contributed by atoms with Crippen molar-refractivity contribution in [3.63, 3.8) is 0 Å². The van der Waals surface area contributed by atoms with Gasteiger partial charge in [-0.15, -0.1) is 0 Å². The summed E-state index contributed by atoms with van der Waals surface area (Å²) in [5.74, 6) is 0.737. The summed E-state index contributed by atoms with van der Waals surface area (Å²) in [7, 11) is 1.75. The van der Waals surface area contributed by atoms with E-state index >= 15 is 0 Å². The number of hydrogen-bond acceptors (Lipinski definition) is 5. The number of pyridine rings is 1. The Morgan fingerprint density at radius 2 is 2.20 bits per heavy atom. The summed E-state index contributed by atoms with van der Waals surface area (Å²) >= 11 is 0. The van der Waals surface area contributed by atoms with E-state index in [0.717, 1.165) is 67.0 Å². The molecule has 1 aliphatic rings. The third-order valence-corrected chi connectivity index (χ3v) is 5.17. The van der Waals surface area contributed by atoms with Gasteiger partial charge in [-0.2, -0.15) is 0 Å². The molecule has 7 heteroatoms. The van der Waals surface area contributed by atoms with Crippen LogP contribution in [-0.4, -0.2) is 62.9 Å². The fraction of sp³-hybridized carbons (Fsp3) is 0.556. The average molecular weight is 343 g/mol. The minimum Gasteiger partial charge on any atom is -0.385 e. The second-order valence-corrected chi connectivity index (χ2v) is 6.81. The Hall–Kier alpha value is -1.96. The lowest BCUT2D eigenvalue weighted by Gasteiger charge is -2.33. The molecule has 0 saturated carbocycles. The predicted molar refractivity (Wildman–Crippen MR) is 96.6 cm³/mol. The molecular formula is C18H25N5O2. The zero-order valence-corrected chi connectivity index (χ0v) is 14.8. The maximum Gasteiger partial charge on any atom is 0.139 e. The second-order valence-electron chi connectivity index (χ2n) is 6.81. The minimum absolute atomic E-state index is 0.342. The van der Waals surface area contributed by atoms with Crippen LogP contribution >= 0.6 is 0 Å². The summed E-state index contributed by atoms with van der Waals surface area (Å²) in [5, 5.41) is 11.4. The van der Waals surface area contributed by atoms with Crippen LogP contribution in [-0.2, 0) is 4.74 Å². The molecule has 3 aromatic rings. The topological polar surface area (TPSA) is 79.2 Å². The molecule has 0 radical (unpaired) electrons. The Morgan fingerprint density at radius 1 is 1.40 bits per heavy atom. The Bertz CT molecular complexity index is 861. The first-order valence-electron chi connectivity index (χ1n) is 8.92. The zero-order valence-electron chi connectivity index (χ0n) is 14.8. The lowest BCUT2D eigenvalue weighted by Crippen LogP contribution is -2.37. The number of hydrogen-bond donors (Lipinski definition) is 2. The molecule has 0 aliphatic carbocycles. The maximum absolute atomic E-state index is 10.3. The number of imidazole rings is 1. The number of ether oxygens (including phenoxy) is 1. The van der Waals surface area contributed by atoms with Crippen LogP contribution in [0.1, 0.15) is 37.7 Å². The SMILES string of the molecule is COCCN1CCC(n2c(C(C)O)nc3cnc4[nH]ccc4c32)CC1. The van der Waals surface area contributed by atoms with Crippen molar-refractivity contribution in [3.8, 4) is 0 Å². The number of nitrogens with zero attached hydrogens (tertiary/aromatic N) is 4. The highest BCUT2D eigenvalue weighted by molar-refractivity contribution is 6.01. The summed E-state index contributed by atoms with van der Waals surface area (Å²) in [4.78, 5) is 14.7. The number of fused-ring (bicyclic) bond motifs is 3. The molecule has 2 N–H and O–H groups in total. The quantitative estimate of drug-likeness (QED) is 0.743. The van der Waals surface area contributed by atoms with Crippen molar-refractivity contribution < 1.29 is 9.84 Å². The number of aromatic nitrogens is 4. The Kier molecular flexibility index (Phi) is 4.45. The summed E-state index contributed by atoms with van der Waals surface area (Å²) < 4.78 is 7.45. The monoisotopic (exact) mass is 343 g/mol. The van der Waals surface area contributed by atoms with E-state index in [1.54, 1.807) is 20.2 Å². The third-order valence-electron chi connectivity index (χ3n) is 5.17. The van der Waals surface area contributed by atoms with Gasteiger partial charge in [-0.1, -0.05) is 0 Å². The maximum atomic E-state index is 10.3. The third kappa shape index (κ3) is 2.92. The summed E-state index contributed by atoms with van der Waals surface area (Å²) in [6.45, 7) is 5.60. The first kappa shape index (κ1) is 16.5. The molecule has 1 atom stereocenters. The Morgan fingerprint density at radius 3 is 2.92 bits per heavy atom. The van der Waals surface area contributed by atoms with Crippen LogP contribution in [0.15, 0.2) is 18.5 Å². The molecule has 1 fully saturated rings. The van der Waals surface area contributed by atoms with E-state index in [1.165, 1.54) is 0 Å². The van der Waals surface area contributed by atoms with Crippen LogP contribution in [0.4, 0.5) is 0 Å². The van der Waals surface area contributed by atoms with Crippen LogP contribution in [0.2, 0.25) is 0 Å². The van der Waals surface area contributed by atoms with Gasteiger partial charge in [-0.25, -0.2) is 9.97 Å². The molecule has 4 heterocycles. The molecule has 4 rings (SSSR count). The molecule has 0 amide bonds. The number of rotatable bonds is 5. The number of aromatic amines is 1. The van der Waals surface area contributed by atoms with Gasteiger partial charge in [0.15, 0.2) is 0 Å². The van der Waals surface area contributed by atoms with E-state index in [2.05, 4.69) is 24.4 Å². The summed E-state index contributed by atoms with van der Waals surface area (Å²) in [6, 6.07) is 2.39. The van der Waals surface area contributed by atoms with Crippen LogP contribution in [0, 0.1) is 0 Å². The molecule has 25 heavy (non-hydrogen) atoms. The van der Waals surface area contributed by atoms with Gasteiger partial charge in [0.05, 0.1) is 18.3 Å². The molecule has 3 aromatic heterocycles. The van der Waals surface area contributed by atoms with Crippen molar-refractivity contribution >= 4 is 22.1 Å². The number of aliphatic hydroxyl groups excluding tert-OH is 1. The van der Waals surface area contributed by atoms with Crippen molar-refractivity contribution in [1.29, 1.82) is 0 Å². The van der Waals surface area contributed by atoms with Crippen LogP contribution in [0.25, 0.3) is 22.1 Å². The molecule has 1 aliphatic heterocycles. The second kappa shape index (κ2) is 6.74. The zero-order chi connectivity index (χ0) is 17.4. The summed E-state index contributed by atoms with van der Waals surface area (Å²) in [6.07, 6.45) is 5.19. The van der Waals surface area contributed by atoms with Gasteiger partial charge in [-0.05, 0) is 25.8 Å². The van der Waals surface area contributed by atoms with Crippen molar-refractivity contribution in [2.75, 3.05) is 33.4 Å². The van der Waals surface area contributed by atoms with Crippen LogP contribution in [0.5, 0.6) is 0 Å². The van der Waals surface area contributed by atoms with Crippen molar-refractivity contribution in [2.45, 2.75) is 31.9 Å². The minimum atomic E-state index is -0.604. The lowest BCUT2D eigenvalue weighted by molar-refractivity contribution is 0.118. The number of aliphatic hydroxyl groups is 1. The number of piperidine rings is 1. The van der Waals surface area contributed by atoms with Gasteiger partial charge in [0.2, 0.25) is 0 Å². The van der Waals surface area contributed by atoms with Gasteiger partial charge in [0.25, 0.3) is 0 Å². The molecular weight excluding hydrogens is 318 g/mol. The standard InChI is InChI=1S/C18H25N5O2/c1-12(24)18-21-15-11-20-17-14(3-6-19-17)16(15)23(18)13-4-7-22(8-5-13)9-10-25-2/h3,6,11-13,24H,4-5,7-10H2,1-2H3,(H,19,20). The highest BCUT2D eigenvalue weighted by Gasteiger charge is 2.27. The smallest absolute Gasteiger partial charge is 0.139 e. The average Bonchev–Trinajstić information content (AvgIpc) is 3.24. The van der Waals surface area contributed by atoms with Gasteiger partial charge in [0, 0.05) is 44.4 Å². The van der Waals surface area contributed by atoms with E-state index in [1.807, 2.05) is 12.3 Å². The van der Waals surface area contributed by atoms with E-state index in [-0.39, 0.29) is 0 Å². The van der Waals surface area contributed by atoms with E-state index < -0.39 is 6.10 Å². The molecule has 0 bridgehead atoms. The van der Waals surface area contributed by atoms with Crippen molar-refractivity contribution in [1.82, 2.24) is 24.4 Å². The van der Waals surface area contributed by atoms with Gasteiger partial charge >= 0.3 is 0 Å². The molecule has 1 unspecified atom stereocenters. The van der Waals surface area contributed by atoms with Gasteiger partial charge in [0.1, 0.15) is 23.1 Å². The molecule has 0 aromatic carbocycles. The van der Waals surface area contributed by atoms with E-state index in [4.69, 9.17) is 4.74 Å². The molecule has 7 nitrogen and oxygen atoms in total. The largest absolute Gasteiger partial charge is 0.385 e. The molecule has 1 saturated heterocycles. The molecule has 134 valence electrons. The number of H-pyrrole nitrogens is 1. The predicted octanol–water partition coefficient (Wildman–Crippen LogP) is 2.25. The number of likely N-dealkylation sites (tertiary alicyclic amines) is 1.